The maximum absolute atomic E-state index is 12.6. The third-order valence-corrected chi connectivity index (χ3v) is 9.57. The van der Waals surface area contributed by atoms with E-state index in [4.69, 9.17) is 5.10 Å². The number of carboxylic acids is 1. The van der Waals surface area contributed by atoms with Gasteiger partial charge in [-0.1, -0.05) is 12.8 Å². The molecule has 0 aliphatic heterocycles. The molecule has 2 unspecified atom stereocenters. The number of hydrogen-bond acceptors (Lipinski definition) is 8. The van der Waals surface area contributed by atoms with Crippen LogP contribution in [0.2, 0.25) is 0 Å². The lowest BCUT2D eigenvalue weighted by Crippen LogP contribution is -2.40. The molecule has 4 bridgehead atoms. The first-order valence-corrected chi connectivity index (χ1v) is 14.7. The van der Waals surface area contributed by atoms with E-state index in [1.54, 1.807) is 47.3 Å². The molecular weight excluding hydrogens is 530 g/mol. The van der Waals surface area contributed by atoms with Crippen LogP contribution in [0.3, 0.4) is 0 Å². The van der Waals surface area contributed by atoms with Crippen LogP contribution in [0, 0.1) is 23.2 Å². The van der Waals surface area contributed by atoms with Crippen LogP contribution in [0.25, 0.3) is 28.2 Å². The van der Waals surface area contributed by atoms with Gasteiger partial charge in [-0.3, -0.25) is 9.08 Å². The average Bonchev–Trinajstić information content (AvgIpc) is 3.57. The summed E-state index contributed by atoms with van der Waals surface area (Å²) in [5.41, 5.74) is 3.43. The SMILES string of the molecule is O=C(O)c1c(-c2cnn(CC34CC5CCC(CC(C5)C3)C4)c2)ccn2c(-c3ccc(Nc4cccnn4)nn3)cnc12. The van der Waals surface area contributed by atoms with Gasteiger partial charge in [0, 0.05) is 36.3 Å². The summed E-state index contributed by atoms with van der Waals surface area (Å²) in [6.07, 6.45) is 18.4. The Kier molecular flexibility index (Phi) is 5.80. The highest BCUT2D eigenvalue weighted by Crippen LogP contribution is 2.58. The minimum Gasteiger partial charge on any atom is -0.478 e. The molecule has 11 heteroatoms. The molecular formula is C31H31N9O2. The van der Waals surface area contributed by atoms with E-state index in [1.165, 1.54) is 44.9 Å². The summed E-state index contributed by atoms with van der Waals surface area (Å²) in [5, 5.41) is 34.5. The van der Waals surface area contributed by atoms with Crippen LogP contribution in [0.4, 0.5) is 11.6 Å². The number of aromatic nitrogens is 8. The van der Waals surface area contributed by atoms with Crippen LogP contribution in [0.5, 0.6) is 0 Å². The van der Waals surface area contributed by atoms with Crippen LogP contribution in [-0.2, 0) is 6.54 Å². The molecule has 9 rings (SSSR count). The van der Waals surface area contributed by atoms with Gasteiger partial charge in [0.15, 0.2) is 17.3 Å². The van der Waals surface area contributed by atoms with E-state index in [-0.39, 0.29) is 5.56 Å². The molecule has 0 saturated heterocycles. The molecule has 11 nitrogen and oxygen atoms in total. The summed E-state index contributed by atoms with van der Waals surface area (Å²) >= 11 is 0. The number of pyridine rings is 1. The van der Waals surface area contributed by atoms with Gasteiger partial charge in [-0.15, -0.1) is 15.3 Å². The first kappa shape index (κ1) is 25.1. The number of carbonyl (C=O) groups is 1. The minimum absolute atomic E-state index is 0.142. The smallest absolute Gasteiger partial charge is 0.340 e. The quantitative estimate of drug-likeness (QED) is 0.264. The minimum atomic E-state index is -1.03. The second-order valence-electron chi connectivity index (χ2n) is 12.5. The molecule has 212 valence electrons. The zero-order chi connectivity index (χ0) is 28.3. The van der Waals surface area contributed by atoms with Gasteiger partial charge in [0.25, 0.3) is 0 Å². The number of carboxylic acid groups (broad SMARTS) is 1. The summed E-state index contributed by atoms with van der Waals surface area (Å²) in [5.74, 6) is 2.63. The highest BCUT2D eigenvalue weighted by atomic mass is 16.4. The highest BCUT2D eigenvalue weighted by Gasteiger charge is 2.48. The molecule has 4 aliphatic carbocycles. The Bertz CT molecular complexity index is 1760. The maximum atomic E-state index is 12.6. The highest BCUT2D eigenvalue weighted by molar-refractivity contribution is 6.02. The normalized spacial score (nSPS) is 24.6. The molecule has 5 aromatic rings. The molecule has 2 atom stereocenters. The fraction of sp³-hybridized carbons (Fsp3) is 0.387. The number of rotatable bonds is 7. The van der Waals surface area contributed by atoms with Gasteiger partial charge in [-0.2, -0.15) is 10.2 Å². The van der Waals surface area contributed by atoms with Crippen molar-refractivity contribution >= 4 is 23.3 Å². The summed E-state index contributed by atoms with van der Waals surface area (Å²) in [4.78, 5) is 17.1. The van der Waals surface area contributed by atoms with Gasteiger partial charge < -0.3 is 10.4 Å². The Morgan fingerprint density at radius 2 is 1.79 bits per heavy atom. The molecule has 4 saturated carbocycles. The molecule has 0 aromatic carbocycles. The first-order chi connectivity index (χ1) is 20.5. The third-order valence-electron chi connectivity index (χ3n) is 9.57. The van der Waals surface area contributed by atoms with Crippen molar-refractivity contribution in [2.75, 3.05) is 5.32 Å². The lowest BCUT2D eigenvalue weighted by atomic mass is 9.58. The lowest BCUT2D eigenvalue weighted by molar-refractivity contribution is 0.0174. The Labute approximate surface area is 242 Å². The summed E-state index contributed by atoms with van der Waals surface area (Å²) in [6, 6.07) is 8.98. The fourth-order valence-electron chi connectivity index (χ4n) is 8.22. The molecule has 5 heterocycles. The van der Waals surface area contributed by atoms with E-state index in [1.807, 2.05) is 18.5 Å². The Morgan fingerprint density at radius 3 is 2.52 bits per heavy atom. The average molecular weight is 562 g/mol. The molecule has 0 spiro atoms. The van der Waals surface area contributed by atoms with Crippen LogP contribution < -0.4 is 5.32 Å². The number of anilines is 2. The van der Waals surface area contributed by atoms with Crippen molar-refractivity contribution in [3.63, 3.8) is 0 Å². The number of nitrogens with one attached hydrogen (secondary N) is 1. The van der Waals surface area contributed by atoms with E-state index in [0.29, 0.717) is 39.6 Å². The Balaban J connectivity index is 1.08. The van der Waals surface area contributed by atoms with Gasteiger partial charge in [-0.05, 0) is 85.6 Å². The molecule has 4 fully saturated rings. The molecule has 0 amide bonds. The molecule has 0 radical (unpaired) electrons. The monoisotopic (exact) mass is 561 g/mol. The van der Waals surface area contributed by atoms with Crippen LogP contribution in [0.15, 0.2) is 61.3 Å². The number of aromatic carboxylic acids is 1. The predicted molar refractivity (Wildman–Crippen MR) is 155 cm³/mol. The van der Waals surface area contributed by atoms with E-state index in [0.717, 1.165) is 29.9 Å². The Hall–Kier alpha value is -4.67. The van der Waals surface area contributed by atoms with Gasteiger partial charge in [0.1, 0.15) is 11.3 Å². The van der Waals surface area contributed by atoms with E-state index >= 15 is 0 Å². The van der Waals surface area contributed by atoms with E-state index < -0.39 is 5.97 Å². The van der Waals surface area contributed by atoms with Crippen molar-refractivity contribution in [3.8, 4) is 22.5 Å². The van der Waals surface area contributed by atoms with E-state index in [9.17, 15) is 9.90 Å². The van der Waals surface area contributed by atoms with E-state index in [2.05, 4.69) is 35.4 Å². The standard InChI is InChI=1S/C31H31N9O2/c41-30(42)28-23(22-15-34-39(17-22)18-31-12-19-3-4-20(13-31)11-21(10-19)14-31)7-9-40-25(16-32-29(28)40)24-5-6-27(38-36-24)35-26-2-1-8-33-37-26/h1-2,5-9,15-17,19-21H,3-4,10-14,18H2,(H,41,42)(H,35,37,38). The predicted octanol–water partition coefficient (Wildman–Crippen LogP) is 5.49. The summed E-state index contributed by atoms with van der Waals surface area (Å²) in [7, 11) is 0. The molecule has 2 N–H and O–H groups in total. The van der Waals surface area contributed by atoms with Crippen molar-refractivity contribution in [2.24, 2.45) is 23.2 Å². The number of nitrogens with zero attached hydrogens (tertiary/aromatic N) is 8. The molecule has 42 heavy (non-hydrogen) atoms. The molecule has 5 aromatic heterocycles. The van der Waals surface area contributed by atoms with Crippen molar-refractivity contribution < 1.29 is 9.90 Å². The van der Waals surface area contributed by atoms with Crippen molar-refractivity contribution in [2.45, 2.75) is 51.5 Å². The first-order valence-electron chi connectivity index (χ1n) is 14.7. The van der Waals surface area contributed by atoms with Crippen LogP contribution >= 0.6 is 0 Å². The fourth-order valence-corrected chi connectivity index (χ4v) is 8.22. The lowest BCUT2D eigenvalue weighted by Gasteiger charge is -2.48. The van der Waals surface area contributed by atoms with Crippen molar-refractivity contribution in [1.29, 1.82) is 0 Å². The Morgan fingerprint density at radius 1 is 0.976 bits per heavy atom. The zero-order valence-corrected chi connectivity index (χ0v) is 23.1. The van der Waals surface area contributed by atoms with Gasteiger partial charge in [0.2, 0.25) is 0 Å². The van der Waals surface area contributed by atoms with Crippen molar-refractivity contribution in [1.82, 2.24) is 39.6 Å². The van der Waals surface area contributed by atoms with Crippen molar-refractivity contribution in [3.05, 3.63) is 66.9 Å². The number of hydrogen-bond donors (Lipinski definition) is 2. The summed E-state index contributed by atoms with van der Waals surface area (Å²) < 4.78 is 3.80. The zero-order valence-electron chi connectivity index (χ0n) is 23.1. The second kappa shape index (κ2) is 9.71. The van der Waals surface area contributed by atoms with Gasteiger partial charge in [-0.25, -0.2) is 9.78 Å². The number of imidazole rings is 1. The molecule has 4 aliphatic rings. The number of fused-ring (bicyclic) bond motifs is 2. The third kappa shape index (κ3) is 4.40. The van der Waals surface area contributed by atoms with Crippen LogP contribution in [0.1, 0.15) is 55.3 Å². The second-order valence-corrected chi connectivity index (χ2v) is 12.5. The van der Waals surface area contributed by atoms with Crippen LogP contribution in [-0.4, -0.2) is 50.6 Å². The summed E-state index contributed by atoms with van der Waals surface area (Å²) in [6.45, 7) is 0.912. The van der Waals surface area contributed by atoms with Gasteiger partial charge in [0.05, 0.1) is 18.1 Å². The largest absolute Gasteiger partial charge is 0.478 e. The maximum Gasteiger partial charge on any atom is 0.340 e. The van der Waals surface area contributed by atoms with Gasteiger partial charge >= 0.3 is 5.97 Å². The topological polar surface area (TPSA) is 136 Å².